The van der Waals surface area contributed by atoms with Gasteiger partial charge in [-0.3, -0.25) is 0 Å². The van der Waals surface area contributed by atoms with Gasteiger partial charge in [0, 0.05) is 18.6 Å². The summed E-state index contributed by atoms with van der Waals surface area (Å²) >= 11 is 0. The van der Waals surface area contributed by atoms with Crippen LogP contribution in [0.3, 0.4) is 0 Å². The fraction of sp³-hybridized carbons (Fsp3) is 0.923. The van der Waals surface area contributed by atoms with Crippen LogP contribution < -0.4 is 5.73 Å². The Bertz CT molecular complexity index is 294. The maximum Gasteiger partial charge on any atom is 0.410 e. The number of hydrogen-bond donors (Lipinski definition) is 1. The first-order valence-corrected chi connectivity index (χ1v) is 6.62. The standard InChI is InChI=1S/C13H24N2O2/c1-13(2,3)17-12(16)15-7-6-10(14)8-11(15)9-4-5-9/h9-11H,4-8,14H2,1-3H3. The number of amides is 1. The molecule has 2 atom stereocenters. The summed E-state index contributed by atoms with van der Waals surface area (Å²) < 4.78 is 5.47. The van der Waals surface area contributed by atoms with Crippen molar-refractivity contribution in [3.63, 3.8) is 0 Å². The zero-order chi connectivity index (χ0) is 12.6. The molecule has 2 unspecified atom stereocenters. The summed E-state index contributed by atoms with van der Waals surface area (Å²) in [4.78, 5) is 14.0. The van der Waals surface area contributed by atoms with Gasteiger partial charge in [-0.2, -0.15) is 0 Å². The quantitative estimate of drug-likeness (QED) is 0.764. The second kappa shape index (κ2) is 4.48. The number of ether oxygens (including phenoxy) is 1. The van der Waals surface area contributed by atoms with Crippen LogP contribution in [0.15, 0.2) is 0 Å². The highest BCUT2D eigenvalue weighted by molar-refractivity contribution is 5.68. The third-order valence-corrected chi connectivity index (χ3v) is 3.48. The fourth-order valence-electron chi connectivity index (χ4n) is 2.50. The molecular weight excluding hydrogens is 216 g/mol. The molecule has 1 saturated carbocycles. The second-order valence-corrected chi connectivity index (χ2v) is 6.36. The monoisotopic (exact) mass is 240 g/mol. The van der Waals surface area contributed by atoms with Crippen molar-refractivity contribution in [3.8, 4) is 0 Å². The predicted molar refractivity (Wildman–Crippen MR) is 66.7 cm³/mol. The van der Waals surface area contributed by atoms with Crippen molar-refractivity contribution in [2.75, 3.05) is 6.54 Å². The van der Waals surface area contributed by atoms with Crippen molar-refractivity contribution < 1.29 is 9.53 Å². The van der Waals surface area contributed by atoms with E-state index in [1.807, 2.05) is 25.7 Å². The highest BCUT2D eigenvalue weighted by Crippen LogP contribution is 2.39. The average Bonchev–Trinajstić information content (AvgIpc) is 2.97. The van der Waals surface area contributed by atoms with Crippen LogP contribution in [0.2, 0.25) is 0 Å². The zero-order valence-electron chi connectivity index (χ0n) is 11.1. The van der Waals surface area contributed by atoms with Gasteiger partial charge in [-0.1, -0.05) is 0 Å². The van der Waals surface area contributed by atoms with E-state index in [1.54, 1.807) is 0 Å². The van der Waals surface area contributed by atoms with Crippen molar-refractivity contribution >= 4 is 6.09 Å². The van der Waals surface area contributed by atoms with E-state index in [0.717, 1.165) is 19.4 Å². The van der Waals surface area contributed by atoms with Crippen molar-refractivity contribution in [2.24, 2.45) is 11.7 Å². The molecule has 0 aromatic heterocycles. The van der Waals surface area contributed by atoms with E-state index >= 15 is 0 Å². The Balaban J connectivity index is 1.99. The van der Waals surface area contributed by atoms with Crippen LogP contribution >= 0.6 is 0 Å². The molecule has 98 valence electrons. The lowest BCUT2D eigenvalue weighted by Crippen LogP contribution is -2.52. The molecule has 0 radical (unpaired) electrons. The summed E-state index contributed by atoms with van der Waals surface area (Å²) in [5, 5.41) is 0. The molecular formula is C13H24N2O2. The Kier molecular flexibility index (Phi) is 3.34. The normalized spacial score (nSPS) is 30.2. The smallest absolute Gasteiger partial charge is 0.410 e. The Hall–Kier alpha value is -0.770. The highest BCUT2D eigenvalue weighted by Gasteiger charge is 2.41. The van der Waals surface area contributed by atoms with Crippen LogP contribution in [0.5, 0.6) is 0 Å². The second-order valence-electron chi connectivity index (χ2n) is 6.36. The Morgan fingerprint density at radius 3 is 2.47 bits per heavy atom. The van der Waals surface area contributed by atoms with Gasteiger partial charge in [0.25, 0.3) is 0 Å². The van der Waals surface area contributed by atoms with Crippen LogP contribution in [-0.4, -0.2) is 35.2 Å². The first kappa shape index (κ1) is 12.7. The molecule has 1 heterocycles. The lowest BCUT2D eigenvalue weighted by molar-refractivity contribution is 0.00540. The van der Waals surface area contributed by atoms with E-state index in [4.69, 9.17) is 10.5 Å². The molecule has 4 heteroatoms. The molecule has 0 aromatic rings. The minimum absolute atomic E-state index is 0.165. The number of nitrogens with zero attached hydrogens (tertiary/aromatic N) is 1. The van der Waals surface area contributed by atoms with Gasteiger partial charge in [0.05, 0.1) is 0 Å². The highest BCUT2D eigenvalue weighted by atomic mass is 16.6. The largest absolute Gasteiger partial charge is 0.444 e. The number of carbonyl (C=O) groups excluding carboxylic acids is 1. The topological polar surface area (TPSA) is 55.6 Å². The molecule has 4 nitrogen and oxygen atoms in total. The van der Waals surface area contributed by atoms with E-state index in [0.29, 0.717) is 12.0 Å². The van der Waals surface area contributed by atoms with Gasteiger partial charge in [-0.25, -0.2) is 4.79 Å². The lowest BCUT2D eigenvalue weighted by Gasteiger charge is -2.39. The Morgan fingerprint density at radius 1 is 1.29 bits per heavy atom. The lowest BCUT2D eigenvalue weighted by atomic mass is 9.95. The maximum absolute atomic E-state index is 12.1. The third-order valence-electron chi connectivity index (χ3n) is 3.48. The maximum atomic E-state index is 12.1. The number of carbonyl (C=O) groups is 1. The van der Waals surface area contributed by atoms with E-state index in [9.17, 15) is 4.79 Å². The minimum atomic E-state index is -0.412. The summed E-state index contributed by atoms with van der Waals surface area (Å²) in [5.41, 5.74) is 5.59. The summed E-state index contributed by atoms with van der Waals surface area (Å²) in [7, 11) is 0. The van der Waals surface area contributed by atoms with Gasteiger partial charge in [-0.15, -0.1) is 0 Å². The van der Waals surface area contributed by atoms with Crippen molar-refractivity contribution in [2.45, 2.75) is 64.1 Å². The number of piperidine rings is 1. The molecule has 1 aliphatic heterocycles. The molecule has 0 spiro atoms. The molecule has 17 heavy (non-hydrogen) atoms. The zero-order valence-corrected chi connectivity index (χ0v) is 11.1. The van der Waals surface area contributed by atoms with Gasteiger partial charge in [-0.05, 0) is 52.4 Å². The molecule has 1 amide bonds. The molecule has 0 aromatic carbocycles. The summed E-state index contributed by atoms with van der Waals surface area (Å²) in [5.74, 6) is 0.661. The van der Waals surface area contributed by atoms with Gasteiger partial charge in [0.15, 0.2) is 0 Å². The van der Waals surface area contributed by atoms with Crippen LogP contribution in [-0.2, 0) is 4.74 Å². The molecule has 2 N–H and O–H groups in total. The summed E-state index contributed by atoms with van der Waals surface area (Å²) in [6.45, 7) is 6.48. The predicted octanol–water partition coefficient (Wildman–Crippen LogP) is 2.12. The molecule has 1 saturated heterocycles. The minimum Gasteiger partial charge on any atom is -0.444 e. The summed E-state index contributed by atoms with van der Waals surface area (Å²) in [6.07, 6.45) is 4.13. The van der Waals surface area contributed by atoms with E-state index in [-0.39, 0.29) is 12.1 Å². The van der Waals surface area contributed by atoms with Crippen LogP contribution in [0.1, 0.15) is 46.5 Å². The van der Waals surface area contributed by atoms with E-state index < -0.39 is 5.60 Å². The Morgan fingerprint density at radius 2 is 1.94 bits per heavy atom. The average molecular weight is 240 g/mol. The number of likely N-dealkylation sites (tertiary alicyclic amines) is 1. The molecule has 2 fully saturated rings. The number of hydrogen-bond acceptors (Lipinski definition) is 3. The molecule has 1 aliphatic carbocycles. The van der Waals surface area contributed by atoms with Crippen molar-refractivity contribution in [3.05, 3.63) is 0 Å². The first-order valence-electron chi connectivity index (χ1n) is 6.62. The van der Waals surface area contributed by atoms with Crippen molar-refractivity contribution in [1.29, 1.82) is 0 Å². The van der Waals surface area contributed by atoms with E-state index in [2.05, 4.69) is 0 Å². The molecule has 2 aliphatic rings. The number of rotatable bonds is 1. The van der Waals surface area contributed by atoms with Gasteiger partial charge in [0.2, 0.25) is 0 Å². The van der Waals surface area contributed by atoms with Gasteiger partial charge in [0.1, 0.15) is 5.60 Å². The third kappa shape index (κ3) is 3.35. The molecule has 2 rings (SSSR count). The fourth-order valence-corrected chi connectivity index (χ4v) is 2.50. The van der Waals surface area contributed by atoms with Crippen LogP contribution in [0.25, 0.3) is 0 Å². The summed E-state index contributed by atoms with van der Waals surface area (Å²) in [6, 6.07) is 0.563. The Labute approximate surface area is 103 Å². The van der Waals surface area contributed by atoms with Gasteiger partial charge < -0.3 is 15.4 Å². The SMILES string of the molecule is CC(C)(C)OC(=O)N1CCC(N)CC1C1CC1. The van der Waals surface area contributed by atoms with Crippen molar-refractivity contribution in [1.82, 2.24) is 4.90 Å². The molecule has 0 bridgehead atoms. The van der Waals surface area contributed by atoms with Crippen LogP contribution in [0, 0.1) is 5.92 Å². The number of nitrogens with two attached hydrogens (primary N) is 1. The van der Waals surface area contributed by atoms with Gasteiger partial charge >= 0.3 is 6.09 Å². The van der Waals surface area contributed by atoms with Crippen LogP contribution in [0.4, 0.5) is 4.79 Å². The van der Waals surface area contributed by atoms with E-state index in [1.165, 1.54) is 12.8 Å². The first-order chi connectivity index (χ1) is 7.87.